The number of rotatable bonds is 3. The molecular weight excluding hydrogens is 151 g/mol. The molecule has 1 aromatic rings. The van der Waals surface area contributed by atoms with Crippen LogP contribution in [0.15, 0.2) is 24.3 Å². The fourth-order valence-corrected chi connectivity index (χ4v) is 0.905. The van der Waals surface area contributed by atoms with E-state index in [1.165, 1.54) is 0 Å². The van der Waals surface area contributed by atoms with Gasteiger partial charge in [-0.05, 0) is 26.0 Å². The van der Waals surface area contributed by atoms with Gasteiger partial charge in [-0.2, -0.15) is 0 Å². The van der Waals surface area contributed by atoms with Gasteiger partial charge >= 0.3 is 7.48 Å². The van der Waals surface area contributed by atoms with Crippen molar-refractivity contribution < 1.29 is 9.76 Å². The van der Waals surface area contributed by atoms with Crippen LogP contribution in [0.5, 0.6) is 5.75 Å². The average molecular weight is 163 g/mol. The van der Waals surface area contributed by atoms with Gasteiger partial charge in [-0.15, -0.1) is 0 Å². The smallest absolute Gasteiger partial charge is 0.326 e. The zero-order valence-electron chi connectivity index (χ0n) is 7.32. The Labute approximate surface area is 73.5 Å². The first kappa shape index (κ1) is 9.14. The molecule has 0 aliphatic carbocycles. The second-order valence-corrected chi connectivity index (χ2v) is 2.86. The Morgan fingerprint density at radius 2 is 1.83 bits per heavy atom. The van der Waals surface area contributed by atoms with E-state index < -0.39 is 0 Å². The molecule has 0 spiro atoms. The summed E-state index contributed by atoms with van der Waals surface area (Å²) in [5.74, 6) is 0.829. The van der Waals surface area contributed by atoms with Crippen LogP contribution < -0.4 is 10.2 Å². The van der Waals surface area contributed by atoms with Crippen molar-refractivity contribution >= 4 is 12.9 Å². The zero-order valence-corrected chi connectivity index (χ0v) is 7.32. The van der Waals surface area contributed by atoms with Gasteiger partial charge in [-0.3, -0.25) is 0 Å². The van der Waals surface area contributed by atoms with Crippen molar-refractivity contribution in [3.8, 4) is 5.75 Å². The molecule has 1 rings (SSSR count). The number of hydrogen-bond donors (Lipinski definition) is 1. The molecule has 0 atom stereocenters. The lowest BCUT2D eigenvalue weighted by Crippen LogP contribution is -2.13. The molecule has 0 amide bonds. The van der Waals surface area contributed by atoms with Crippen molar-refractivity contribution in [3.63, 3.8) is 0 Å². The van der Waals surface area contributed by atoms with Crippen LogP contribution >= 0.6 is 0 Å². The maximum Gasteiger partial charge on any atom is 0.326 e. The maximum absolute atomic E-state index is 8.64. The van der Waals surface area contributed by atoms with Gasteiger partial charge in [0.05, 0.1) is 6.10 Å². The molecule has 0 saturated carbocycles. The van der Waals surface area contributed by atoms with Crippen molar-refractivity contribution in [2.75, 3.05) is 0 Å². The quantitative estimate of drug-likeness (QED) is 0.665. The molecule has 12 heavy (non-hydrogen) atoms. The summed E-state index contributed by atoms with van der Waals surface area (Å²) in [5, 5.41) is 8.64. The van der Waals surface area contributed by atoms with Gasteiger partial charge in [0.25, 0.3) is 0 Å². The van der Waals surface area contributed by atoms with E-state index in [0.717, 1.165) is 18.7 Å². The van der Waals surface area contributed by atoms with Gasteiger partial charge in [0.1, 0.15) is 5.75 Å². The van der Waals surface area contributed by atoms with Crippen LogP contribution in [-0.4, -0.2) is 18.6 Å². The first-order valence-electron chi connectivity index (χ1n) is 3.96. The lowest BCUT2D eigenvalue weighted by atomic mass is 9.89. The molecule has 0 fully saturated rings. The Hall–Kier alpha value is -0.955. The van der Waals surface area contributed by atoms with Gasteiger partial charge in [-0.25, -0.2) is 0 Å². The minimum atomic E-state index is 0.189. The second kappa shape index (κ2) is 4.17. The molecule has 3 heteroatoms. The van der Waals surface area contributed by atoms with Crippen LogP contribution in [0.1, 0.15) is 13.8 Å². The third kappa shape index (κ3) is 2.59. The zero-order chi connectivity index (χ0) is 8.97. The third-order valence-electron chi connectivity index (χ3n) is 1.40. The molecule has 0 aliphatic rings. The first-order chi connectivity index (χ1) is 5.72. The Morgan fingerprint density at radius 3 is 2.25 bits per heavy atom. The molecule has 0 aromatic heterocycles. The molecule has 0 aliphatic heterocycles. The topological polar surface area (TPSA) is 29.5 Å². The predicted molar refractivity (Wildman–Crippen MR) is 49.8 cm³/mol. The normalized spacial score (nSPS) is 10.0. The minimum Gasteiger partial charge on any atom is -0.491 e. The maximum atomic E-state index is 8.64. The summed E-state index contributed by atoms with van der Waals surface area (Å²) < 4.78 is 5.42. The van der Waals surface area contributed by atoms with Gasteiger partial charge in [0, 0.05) is 0 Å². The Kier molecular flexibility index (Phi) is 3.17. The average Bonchev–Trinajstić information content (AvgIpc) is 2.05. The molecule has 1 aromatic carbocycles. The molecule has 1 radical (unpaired) electrons. The summed E-state index contributed by atoms with van der Waals surface area (Å²) in [6.45, 7) is 3.96. The van der Waals surface area contributed by atoms with Crippen LogP contribution in [0.4, 0.5) is 0 Å². The van der Waals surface area contributed by atoms with Crippen LogP contribution in [0.2, 0.25) is 0 Å². The lowest BCUT2D eigenvalue weighted by molar-refractivity contribution is 0.242. The summed E-state index contributed by atoms with van der Waals surface area (Å²) >= 11 is 0. The molecule has 2 nitrogen and oxygen atoms in total. The van der Waals surface area contributed by atoms with Crippen molar-refractivity contribution in [2.45, 2.75) is 20.0 Å². The van der Waals surface area contributed by atoms with E-state index in [1.54, 1.807) is 12.1 Å². The molecule has 63 valence electrons. The lowest BCUT2D eigenvalue weighted by Gasteiger charge is -2.09. The molecule has 0 saturated heterocycles. The SMILES string of the molecule is CC(C)Oc1ccc([B]O)cc1. The fourth-order valence-electron chi connectivity index (χ4n) is 0.905. The first-order valence-corrected chi connectivity index (χ1v) is 3.96. The summed E-state index contributed by atoms with van der Waals surface area (Å²) in [7, 11) is 1.07. The Balaban J connectivity index is 2.65. The standard InChI is InChI=1S/C9H12BO2/c1-7(2)12-9-5-3-8(10-11)4-6-9/h3-7,11H,1-2H3. The molecule has 0 unspecified atom stereocenters. The highest BCUT2D eigenvalue weighted by molar-refractivity contribution is 6.45. The van der Waals surface area contributed by atoms with Gasteiger partial charge in [0.2, 0.25) is 0 Å². The summed E-state index contributed by atoms with van der Waals surface area (Å²) in [5.41, 5.74) is 0.783. The third-order valence-corrected chi connectivity index (χ3v) is 1.40. The predicted octanol–water partition coefficient (Wildman–Crippen LogP) is 0.711. The number of ether oxygens (including phenoxy) is 1. The van der Waals surface area contributed by atoms with Crippen LogP contribution in [0.3, 0.4) is 0 Å². The van der Waals surface area contributed by atoms with Gasteiger partial charge in [-0.1, -0.05) is 17.6 Å². The highest BCUT2D eigenvalue weighted by Gasteiger charge is 1.97. The number of hydrogen-bond acceptors (Lipinski definition) is 2. The largest absolute Gasteiger partial charge is 0.491 e. The minimum absolute atomic E-state index is 0.189. The van der Waals surface area contributed by atoms with Crippen molar-refractivity contribution in [1.82, 2.24) is 0 Å². The van der Waals surface area contributed by atoms with Crippen molar-refractivity contribution in [1.29, 1.82) is 0 Å². The Morgan fingerprint density at radius 1 is 1.25 bits per heavy atom. The summed E-state index contributed by atoms with van der Waals surface area (Å²) in [6, 6.07) is 7.28. The van der Waals surface area contributed by atoms with Crippen LogP contribution in [0.25, 0.3) is 0 Å². The van der Waals surface area contributed by atoms with E-state index >= 15 is 0 Å². The van der Waals surface area contributed by atoms with E-state index in [2.05, 4.69) is 0 Å². The van der Waals surface area contributed by atoms with Gasteiger partial charge < -0.3 is 9.76 Å². The summed E-state index contributed by atoms with van der Waals surface area (Å²) in [4.78, 5) is 0. The van der Waals surface area contributed by atoms with Crippen LogP contribution in [0, 0.1) is 0 Å². The fraction of sp³-hybridized carbons (Fsp3) is 0.333. The molecule has 0 bridgehead atoms. The number of benzene rings is 1. The molecule has 0 heterocycles. The molecular formula is C9H12BO2. The highest BCUT2D eigenvalue weighted by atomic mass is 16.5. The second-order valence-electron chi connectivity index (χ2n) is 2.86. The van der Waals surface area contributed by atoms with Crippen molar-refractivity contribution in [2.24, 2.45) is 0 Å². The van der Waals surface area contributed by atoms with E-state index in [1.807, 2.05) is 26.0 Å². The van der Waals surface area contributed by atoms with E-state index in [-0.39, 0.29) is 6.10 Å². The van der Waals surface area contributed by atoms with E-state index in [4.69, 9.17) is 9.76 Å². The van der Waals surface area contributed by atoms with Crippen molar-refractivity contribution in [3.05, 3.63) is 24.3 Å². The summed E-state index contributed by atoms with van der Waals surface area (Å²) in [6.07, 6.45) is 0.189. The van der Waals surface area contributed by atoms with E-state index in [0.29, 0.717) is 0 Å². The van der Waals surface area contributed by atoms with E-state index in [9.17, 15) is 0 Å². The van der Waals surface area contributed by atoms with Gasteiger partial charge in [0.15, 0.2) is 0 Å². The van der Waals surface area contributed by atoms with Crippen LogP contribution in [-0.2, 0) is 0 Å². The highest BCUT2D eigenvalue weighted by Crippen LogP contribution is 2.09. The monoisotopic (exact) mass is 163 g/mol. The Bertz CT molecular complexity index is 231. The molecule has 1 N–H and O–H groups in total.